The van der Waals surface area contributed by atoms with E-state index >= 15 is 0 Å². The topological polar surface area (TPSA) is 73.5 Å². The number of nitrogens with one attached hydrogen (secondary N) is 2. The Morgan fingerprint density at radius 1 is 1.00 bits per heavy atom. The number of likely N-dealkylation sites (tertiary alicyclic amines) is 1. The molecule has 0 bridgehead atoms. The predicted octanol–water partition coefficient (Wildman–Crippen LogP) is 3.14. The van der Waals surface area contributed by atoms with Crippen molar-refractivity contribution < 1.29 is 22.7 Å². The zero-order valence-electron chi connectivity index (χ0n) is 18.3. The number of piperidine rings is 1. The Kier molecular flexibility index (Phi) is 6.05. The number of ether oxygens (including phenoxy) is 1. The van der Waals surface area contributed by atoms with Gasteiger partial charge in [-0.05, 0) is 30.2 Å². The second-order valence-electron chi connectivity index (χ2n) is 9.14. The van der Waals surface area contributed by atoms with Crippen LogP contribution in [0.3, 0.4) is 0 Å². The van der Waals surface area contributed by atoms with E-state index in [9.17, 15) is 18.0 Å². The summed E-state index contributed by atoms with van der Waals surface area (Å²) in [6.45, 7) is 4.98. The fourth-order valence-corrected chi connectivity index (χ4v) is 4.89. The fourth-order valence-electron chi connectivity index (χ4n) is 4.89. The van der Waals surface area contributed by atoms with Crippen LogP contribution in [0.15, 0.2) is 30.3 Å². The van der Waals surface area contributed by atoms with Crippen LogP contribution in [0.25, 0.3) is 0 Å². The molecule has 1 aromatic heterocycles. The van der Waals surface area contributed by atoms with E-state index in [1.165, 1.54) is 0 Å². The Morgan fingerprint density at radius 2 is 1.70 bits per heavy atom. The summed E-state index contributed by atoms with van der Waals surface area (Å²) in [6, 6.07) is 7.40. The first-order chi connectivity index (χ1) is 15.9. The molecular weight excluding hydrogens is 435 g/mol. The maximum atomic E-state index is 13.3. The molecular formula is C23H28F3N5O2. The Labute approximate surface area is 190 Å². The number of nitrogens with zero attached hydrogens (tertiary/aromatic N) is 3. The van der Waals surface area contributed by atoms with Gasteiger partial charge in [-0.2, -0.15) is 18.3 Å². The van der Waals surface area contributed by atoms with Gasteiger partial charge in [-0.1, -0.05) is 12.1 Å². The number of aromatic amines is 1. The maximum Gasteiger partial charge on any atom is 0.416 e. The van der Waals surface area contributed by atoms with Crippen LogP contribution in [0, 0.1) is 0 Å². The number of amides is 2. The minimum Gasteiger partial charge on any atom is -0.378 e. The molecule has 3 aliphatic heterocycles. The highest BCUT2D eigenvalue weighted by Crippen LogP contribution is 2.38. The zero-order valence-corrected chi connectivity index (χ0v) is 18.3. The average Bonchev–Trinajstić information content (AvgIpc) is 3.27. The lowest BCUT2D eigenvalue weighted by molar-refractivity contribution is -0.137. The van der Waals surface area contributed by atoms with Crippen molar-refractivity contribution >= 4 is 6.03 Å². The van der Waals surface area contributed by atoms with Crippen LogP contribution in [0.1, 0.15) is 46.7 Å². The number of H-pyrrole nitrogens is 1. The molecule has 2 atom stereocenters. The van der Waals surface area contributed by atoms with Crippen LogP contribution >= 0.6 is 0 Å². The molecule has 10 heteroatoms. The molecule has 5 rings (SSSR count). The second-order valence-corrected chi connectivity index (χ2v) is 9.14. The van der Waals surface area contributed by atoms with E-state index in [0.717, 1.165) is 48.6 Å². The molecule has 3 aliphatic rings. The van der Waals surface area contributed by atoms with Gasteiger partial charge in [-0.3, -0.25) is 5.10 Å². The Bertz CT molecular complexity index is 967. The molecule has 0 saturated carbocycles. The largest absolute Gasteiger partial charge is 0.416 e. The molecule has 2 N–H and O–H groups in total. The number of aromatic nitrogens is 2. The number of halogens is 3. The van der Waals surface area contributed by atoms with Gasteiger partial charge in [0.1, 0.15) is 0 Å². The summed E-state index contributed by atoms with van der Waals surface area (Å²) < 4.78 is 44.5. The van der Waals surface area contributed by atoms with Crippen LogP contribution in [0.2, 0.25) is 0 Å². The van der Waals surface area contributed by atoms with Gasteiger partial charge in [-0.15, -0.1) is 0 Å². The van der Waals surface area contributed by atoms with E-state index in [1.54, 1.807) is 17.0 Å². The van der Waals surface area contributed by atoms with Gasteiger partial charge < -0.3 is 19.9 Å². The molecule has 3 saturated heterocycles. The summed E-state index contributed by atoms with van der Waals surface area (Å²) in [7, 11) is 0. The highest BCUT2D eigenvalue weighted by molar-refractivity contribution is 5.75. The van der Waals surface area contributed by atoms with Gasteiger partial charge in [0.2, 0.25) is 0 Å². The highest BCUT2D eigenvalue weighted by Gasteiger charge is 2.36. The van der Waals surface area contributed by atoms with Gasteiger partial charge >= 0.3 is 12.2 Å². The van der Waals surface area contributed by atoms with Crippen LogP contribution in [0.5, 0.6) is 0 Å². The molecule has 4 heterocycles. The summed E-state index contributed by atoms with van der Waals surface area (Å²) in [4.78, 5) is 16.9. The smallest absolute Gasteiger partial charge is 0.378 e. The summed E-state index contributed by atoms with van der Waals surface area (Å²) >= 11 is 0. The fraction of sp³-hybridized carbons (Fsp3) is 0.565. The number of alkyl halides is 3. The summed E-state index contributed by atoms with van der Waals surface area (Å²) in [5, 5.41) is 10.9. The molecule has 2 amide bonds. The number of rotatable bonds is 3. The van der Waals surface area contributed by atoms with E-state index < -0.39 is 11.7 Å². The summed E-state index contributed by atoms with van der Waals surface area (Å²) in [5.74, 6) is 0.369. The normalized spacial score (nSPS) is 24.6. The first-order valence-corrected chi connectivity index (χ1v) is 11.4. The van der Waals surface area contributed by atoms with E-state index in [4.69, 9.17) is 4.74 Å². The quantitative estimate of drug-likeness (QED) is 0.734. The standard InChI is InChI=1S/C23H28F3N5O2/c24-23(25,26)19-3-1-15(2-4-19)16-9-17(20-10-21(29-28-20)18-11-27-12-18)14-31(13-16)22(32)30-5-7-33-8-6-30/h1-4,10,16-18,27H,5-9,11-14H2,(H,28,29). The molecule has 1 aromatic carbocycles. The molecule has 0 spiro atoms. The van der Waals surface area contributed by atoms with Gasteiger partial charge in [-0.25, -0.2) is 4.79 Å². The number of carbonyl (C=O) groups is 1. The van der Waals surface area contributed by atoms with Crippen molar-refractivity contribution in [3.63, 3.8) is 0 Å². The Balaban J connectivity index is 1.39. The molecule has 3 fully saturated rings. The number of carbonyl (C=O) groups excluding carboxylic acids is 1. The molecule has 2 aromatic rings. The zero-order chi connectivity index (χ0) is 23.0. The second kappa shape index (κ2) is 8.98. The lowest BCUT2D eigenvalue weighted by Crippen LogP contribution is -2.52. The number of hydrogen-bond acceptors (Lipinski definition) is 4. The Hall–Kier alpha value is -2.59. The third-order valence-corrected chi connectivity index (χ3v) is 6.97. The number of hydrogen-bond donors (Lipinski definition) is 2. The van der Waals surface area contributed by atoms with Crippen LogP contribution in [-0.4, -0.2) is 78.5 Å². The van der Waals surface area contributed by atoms with Crippen molar-refractivity contribution in [3.05, 3.63) is 52.8 Å². The highest BCUT2D eigenvalue weighted by atomic mass is 19.4. The molecule has 0 radical (unpaired) electrons. The molecule has 0 aliphatic carbocycles. The third kappa shape index (κ3) is 4.72. The monoisotopic (exact) mass is 463 g/mol. The van der Waals surface area contributed by atoms with Crippen molar-refractivity contribution in [2.24, 2.45) is 0 Å². The van der Waals surface area contributed by atoms with Gasteiger partial charge in [0.25, 0.3) is 0 Å². The van der Waals surface area contributed by atoms with Crippen molar-refractivity contribution in [1.29, 1.82) is 0 Å². The summed E-state index contributed by atoms with van der Waals surface area (Å²) in [5.41, 5.74) is 2.15. The molecule has 2 unspecified atom stereocenters. The van der Waals surface area contributed by atoms with E-state index in [-0.39, 0.29) is 17.9 Å². The van der Waals surface area contributed by atoms with Crippen molar-refractivity contribution in [2.45, 2.75) is 30.4 Å². The lowest BCUT2D eigenvalue weighted by Gasteiger charge is -2.41. The Morgan fingerprint density at radius 3 is 2.33 bits per heavy atom. The van der Waals surface area contributed by atoms with Crippen molar-refractivity contribution in [2.75, 3.05) is 52.5 Å². The van der Waals surface area contributed by atoms with Crippen molar-refractivity contribution in [3.8, 4) is 0 Å². The van der Waals surface area contributed by atoms with Crippen molar-refractivity contribution in [1.82, 2.24) is 25.3 Å². The van der Waals surface area contributed by atoms with E-state index in [1.807, 2.05) is 4.90 Å². The molecule has 33 heavy (non-hydrogen) atoms. The van der Waals surface area contributed by atoms with Gasteiger partial charge in [0, 0.05) is 62.7 Å². The lowest BCUT2D eigenvalue weighted by atomic mass is 9.82. The minimum atomic E-state index is -4.37. The van der Waals surface area contributed by atoms with E-state index in [2.05, 4.69) is 21.6 Å². The predicted molar refractivity (Wildman–Crippen MR) is 115 cm³/mol. The van der Waals surface area contributed by atoms with Crippen LogP contribution in [0.4, 0.5) is 18.0 Å². The minimum absolute atomic E-state index is 0.0327. The van der Waals surface area contributed by atoms with Gasteiger partial charge in [0.15, 0.2) is 0 Å². The van der Waals surface area contributed by atoms with Crippen LogP contribution in [-0.2, 0) is 10.9 Å². The maximum absolute atomic E-state index is 13.3. The number of urea groups is 1. The molecule has 178 valence electrons. The van der Waals surface area contributed by atoms with Gasteiger partial charge in [0.05, 0.1) is 24.5 Å². The van der Waals surface area contributed by atoms with E-state index in [0.29, 0.717) is 45.3 Å². The third-order valence-electron chi connectivity index (χ3n) is 6.97. The number of benzene rings is 1. The number of morpholine rings is 1. The SMILES string of the molecule is O=C(N1CCOCC1)N1CC(c2ccc(C(F)(F)F)cc2)CC(c2cc(C3CNC3)n[nH]2)C1. The summed E-state index contributed by atoms with van der Waals surface area (Å²) in [6.07, 6.45) is -3.63. The first kappa shape index (κ1) is 22.2. The molecule has 7 nitrogen and oxygen atoms in total. The average molecular weight is 464 g/mol. The van der Waals surface area contributed by atoms with Crippen LogP contribution < -0.4 is 5.32 Å². The first-order valence-electron chi connectivity index (χ1n) is 11.4.